The van der Waals surface area contributed by atoms with E-state index in [1.165, 1.54) is 24.7 Å². The molecule has 3 rings (SSSR count). The van der Waals surface area contributed by atoms with Crippen molar-refractivity contribution < 1.29 is 27.4 Å². The van der Waals surface area contributed by atoms with Gasteiger partial charge in [0.1, 0.15) is 5.75 Å². The molecule has 8 heteroatoms. The Morgan fingerprint density at radius 1 is 1.28 bits per heavy atom. The molecule has 2 atom stereocenters. The normalized spacial score (nSPS) is 17.1. The van der Waals surface area contributed by atoms with Gasteiger partial charge in [0.25, 0.3) is 5.91 Å². The van der Waals surface area contributed by atoms with Crippen molar-refractivity contribution in [2.45, 2.75) is 51.2 Å². The second-order valence-electron chi connectivity index (χ2n) is 7.68. The Hall–Kier alpha value is -2.87. The predicted molar refractivity (Wildman–Crippen MR) is 116 cm³/mol. The van der Waals surface area contributed by atoms with Crippen LogP contribution in [0.4, 0.5) is 13.2 Å². The lowest BCUT2D eigenvalue weighted by molar-refractivity contribution is -0.137. The Bertz CT molecular complexity index is 960. The highest BCUT2D eigenvalue weighted by atomic mass is 19.4. The van der Waals surface area contributed by atoms with Crippen LogP contribution in [0.3, 0.4) is 0 Å². The Labute approximate surface area is 185 Å². The molecule has 5 nitrogen and oxygen atoms in total. The van der Waals surface area contributed by atoms with Gasteiger partial charge >= 0.3 is 6.18 Å². The van der Waals surface area contributed by atoms with E-state index in [9.17, 15) is 18.0 Å². The first-order valence-electron chi connectivity index (χ1n) is 10.6. The molecule has 0 aromatic heterocycles. The van der Waals surface area contributed by atoms with Crippen LogP contribution in [0.2, 0.25) is 0 Å². The number of aliphatic imine (C=N–C) groups is 1. The van der Waals surface area contributed by atoms with E-state index >= 15 is 0 Å². The summed E-state index contributed by atoms with van der Waals surface area (Å²) in [6.07, 6.45) is -2.79. The summed E-state index contributed by atoms with van der Waals surface area (Å²) in [7, 11) is 1.40. The van der Waals surface area contributed by atoms with Crippen LogP contribution in [0.15, 0.2) is 47.5 Å². The molecule has 0 saturated heterocycles. The van der Waals surface area contributed by atoms with Crippen molar-refractivity contribution in [3.8, 4) is 5.75 Å². The van der Waals surface area contributed by atoms with E-state index in [4.69, 9.17) is 9.47 Å². The Morgan fingerprint density at radius 2 is 2.03 bits per heavy atom. The van der Waals surface area contributed by atoms with Crippen LogP contribution in [0.25, 0.3) is 0 Å². The third-order valence-corrected chi connectivity index (χ3v) is 5.26. The minimum Gasteiger partial charge on any atom is -0.481 e. The monoisotopic (exact) mass is 448 g/mol. The number of hydrogen-bond donors (Lipinski definition) is 1. The maximum atomic E-state index is 13.4. The molecule has 2 aromatic rings. The number of alkyl halides is 3. The van der Waals surface area contributed by atoms with Gasteiger partial charge in [-0.1, -0.05) is 37.6 Å². The highest BCUT2D eigenvalue weighted by molar-refractivity contribution is 5.83. The van der Waals surface area contributed by atoms with Crippen LogP contribution >= 0.6 is 0 Å². The molecule has 0 aliphatic carbocycles. The molecule has 1 amide bonds. The van der Waals surface area contributed by atoms with E-state index in [0.717, 1.165) is 17.8 Å². The minimum atomic E-state index is -4.56. The topological polar surface area (TPSA) is 59.9 Å². The lowest BCUT2D eigenvalue weighted by Gasteiger charge is -2.26. The zero-order valence-corrected chi connectivity index (χ0v) is 18.1. The number of carbonyl (C=O) groups is 1. The fourth-order valence-corrected chi connectivity index (χ4v) is 3.64. The lowest BCUT2D eigenvalue weighted by atomic mass is 9.99. The Kier molecular flexibility index (Phi) is 7.90. The molecule has 1 aliphatic heterocycles. The van der Waals surface area contributed by atoms with Gasteiger partial charge in [-0.05, 0) is 35.7 Å². The molecular weight excluding hydrogens is 421 g/mol. The molecule has 2 aromatic carbocycles. The number of nitrogens with zero attached hydrogens (tertiary/aromatic N) is 1. The number of amides is 1. The van der Waals surface area contributed by atoms with Crippen LogP contribution in [-0.2, 0) is 28.7 Å². The van der Waals surface area contributed by atoms with Crippen molar-refractivity contribution in [1.82, 2.24) is 5.32 Å². The van der Waals surface area contributed by atoms with E-state index in [1.54, 1.807) is 0 Å². The van der Waals surface area contributed by atoms with Crippen LogP contribution in [0.5, 0.6) is 5.75 Å². The molecule has 172 valence electrons. The summed E-state index contributed by atoms with van der Waals surface area (Å²) in [5.41, 5.74) is 1.41. The molecule has 1 aliphatic rings. The number of ether oxygens (including phenoxy) is 2. The van der Waals surface area contributed by atoms with Gasteiger partial charge in [-0.25, -0.2) is 0 Å². The summed E-state index contributed by atoms with van der Waals surface area (Å²) < 4.78 is 51.7. The zero-order valence-electron chi connectivity index (χ0n) is 18.1. The quantitative estimate of drug-likeness (QED) is 0.603. The first kappa shape index (κ1) is 23.8. The van der Waals surface area contributed by atoms with Crippen molar-refractivity contribution in [3.63, 3.8) is 0 Å². The number of benzene rings is 2. The number of rotatable bonds is 8. The molecule has 0 bridgehead atoms. The van der Waals surface area contributed by atoms with E-state index in [0.29, 0.717) is 32.4 Å². The summed E-state index contributed by atoms with van der Waals surface area (Å²) >= 11 is 0. The smallest absolute Gasteiger partial charge is 0.417 e. The van der Waals surface area contributed by atoms with Crippen LogP contribution in [-0.4, -0.2) is 37.9 Å². The molecule has 0 radical (unpaired) electrons. The number of carbonyl (C=O) groups excluding carboxylic acids is 1. The molecule has 2 unspecified atom stereocenters. The van der Waals surface area contributed by atoms with Crippen molar-refractivity contribution >= 4 is 12.1 Å². The average Bonchev–Trinajstić information content (AvgIpc) is 2.77. The van der Waals surface area contributed by atoms with Crippen molar-refractivity contribution in [2.75, 3.05) is 13.6 Å². The largest absolute Gasteiger partial charge is 0.481 e. The number of hydrogen-bond acceptors (Lipinski definition) is 4. The highest BCUT2D eigenvalue weighted by Crippen LogP contribution is 2.34. The maximum Gasteiger partial charge on any atom is 0.417 e. The zero-order chi connectivity index (χ0) is 23.1. The van der Waals surface area contributed by atoms with Crippen molar-refractivity contribution in [3.05, 3.63) is 64.7 Å². The number of fused-ring (bicyclic) bond motifs is 1. The standard InChI is InChI=1S/C24H27F3N2O3/c1-3-6-22(32-19-10-9-17(13-28-2)21(12-19)24(25,26)27)23(30)29-14-20-11-16-7-4-5-8-18(16)15-31-20/h4-5,7-10,12-13,20,22H,3,6,11,14-15H2,1-2H3,(H,29,30). The Morgan fingerprint density at radius 3 is 2.72 bits per heavy atom. The molecule has 0 fully saturated rings. The molecular formula is C24H27F3N2O3. The molecule has 1 N–H and O–H groups in total. The van der Waals surface area contributed by atoms with Crippen LogP contribution in [0.1, 0.15) is 42.0 Å². The second kappa shape index (κ2) is 10.6. The average molecular weight is 448 g/mol. The molecule has 0 saturated carbocycles. The SMILES string of the molecule is CCCC(Oc1ccc(C=NC)c(C(F)(F)F)c1)C(=O)NCC1Cc2ccccc2CO1. The van der Waals surface area contributed by atoms with Crippen LogP contribution < -0.4 is 10.1 Å². The van der Waals surface area contributed by atoms with Gasteiger partial charge in [0, 0.05) is 31.8 Å². The van der Waals surface area contributed by atoms with Crippen molar-refractivity contribution in [1.29, 1.82) is 0 Å². The lowest BCUT2D eigenvalue weighted by Crippen LogP contribution is -2.43. The summed E-state index contributed by atoms with van der Waals surface area (Å²) in [4.78, 5) is 16.4. The summed E-state index contributed by atoms with van der Waals surface area (Å²) in [6, 6.07) is 11.6. The van der Waals surface area contributed by atoms with E-state index in [2.05, 4.69) is 10.3 Å². The number of nitrogens with one attached hydrogen (secondary N) is 1. The summed E-state index contributed by atoms with van der Waals surface area (Å²) in [5.74, 6) is -0.385. The van der Waals surface area contributed by atoms with Gasteiger partial charge in [0.05, 0.1) is 18.3 Å². The predicted octanol–water partition coefficient (Wildman–Crippen LogP) is 4.56. The fourth-order valence-electron chi connectivity index (χ4n) is 3.64. The molecule has 32 heavy (non-hydrogen) atoms. The second-order valence-corrected chi connectivity index (χ2v) is 7.68. The first-order valence-corrected chi connectivity index (χ1v) is 10.6. The third-order valence-electron chi connectivity index (χ3n) is 5.26. The molecule has 0 spiro atoms. The van der Waals surface area contributed by atoms with Gasteiger partial charge in [0.15, 0.2) is 6.10 Å². The summed E-state index contributed by atoms with van der Waals surface area (Å²) in [6.45, 7) is 2.67. The maximum absolute atomic E-state index is 13.4. The van der Waals surface area contributed by atoms with Gasteiger partial charge in [0.2, 0.25) is 0 Å². The Balaban J connectivity index is 1.65. The van der Waals surface area contributed by atoms with Gasteiger partial charge in [-0.2, -0.15) is 13.2 Å². The van der Waals surface area contributed by atoms with Crippen LogP contribution in [0, 0.1) is 0 Å². The van der Waals surface area contributed by atoms with E-state index in [-0.39, 0.29) is 23.3 Å². The third kappa shape index (κ3) is 6.09. The minimum absolute atomic E-state index is 0.0120. The fraction of sp³-hybridized carbons (Fsp3) is 0.417. The summed E-state index contributed by atoms with van der Waals surface area (Å²) in [5, 5.41) is 2.83. The first-order chi connectivity index (χ1) is 15.3. The van der Waals surface area contributed by atoms with E-state index < -0.39 is 17.8 Å². The highest BCUT2D eigenvalue weighted by Gasteiger charge is 2.34. The van der Waals surface area contributed by atoms with Gasteiger partial charge in [-0.15, -0.1) is 0 Å². The van der Waals surface area contributed by atoms with Gasteiger partial charge in [-0.3, -0.25) is 9.79 Å². The van der Waals surface area contributed by atoms with E-state index in [1.807, 2.05) is 31.2 Å². The number of halogens is 3. The van der Waals surface area contributed by atoms with Gasteiger partial charge < -0.3 is 14.8 Å². The van der Waals surface area contributed by atoms with Crippen molar-refractivity contribution in [2.24, 2.45) is 4.99 Å². The molecule has 1 heterocycles.